The van der Waals surface area contributed by atoms with Gasteiger partial charge in [-0.05, 0) is 82.3 Å². The summed E-state index contributed by atoms with van der Waals surface area (Å²) >= 11 is 0. The van der Waals surface area contributed by atoms with Crippen LogP contribution in [-0.4, -0.2) is 25.0 Å². The maximum atomic E-state index is 13.8. The number of hydrogen-bond acceptors (Lipinski definition) is 2. The highest BCUT2D eigenvalue weighted by atomic mass is 16.2. The number of nitrogens with zero attached hydrogens (tertiary/aromatic N) is 2. The van der Waals surface area contributed by atoms with Crippen LogP contribution in [0.2, 0.25) is 0 Å². The zero-order valence-corrected chi connectivity index (χ0v) is 15.6. The summed E-state index contributed by atoms with van der Waals surface area (Å²) in [5, 5.41) is 0. The molecule has 0 unspecified atom stereocenters. The zero-order valence-electron chi connectivity index (χ0n) is 15.6. The van der Waals surface area contributed by atoms with Gasteiger partial charge in [-0.15, -0.1) is 0 Å². The lowest BCUT2D eigenvalue weighted by atomic mass is 9.49. The van der Waals surface area contributed by atoms with Gasteiger partial charge in [-0.1, -0.05) is 12.1 Å². The van der Waals surface area contributed by atoms with Crippen LogP contribution in [0.1, 0.15) is 52.4 Å². The predicted octanol–water partition coefficient (Wildman–Crippen LogP) is 4.46. The molecular formula is C22H30N2O. The van der Waals surface area contributed by atoms with Gasteiger partial charge in [0.2, 0.25) is 5.91 Å². The Hall–Kier alpha value is -1.51. The summed E-state index contributed by atoms with van der Waals surface area (Å²) in [6.45, 7) is 6.28. The number of rotatable bonds is 2. The first-order valence-electron chi connectivity index (χ1n) is 10.2. The second-order valence-corrected chi connectivity index (χ2v) is 9.43. The van der Waals surface area contributed by atoms with Crippen molar-refractivity contribution in [2.24, 2.45) is 23.2 Å². The molecule has 1 amide bonds. The van der Waals surface area contributed by atoms with Crippen LogP contribution in [-0.2, 0) is 4.79 Å². The molecule has 0 radical (unpaired) electrons. The van der Waals surface area contributed by atoms with E-state index >= 15 is 0 Å². The molecule has 1 heterocycles. The van der Waals surface area contributed by atoms with E-state index in [1.165, 1.54) is 24.9 Å². The molecule has 25 heavy (non-hydrogen) atoms. The molecule has 1 aromatic rings. The monoisotopic (exact) mass is 338 g/mol. The minimum absolute atomic E-state index is 0.0398. The minimum Gasteiger partial charge on any atom is -0.366 e. The fourth-order valence-corrected chi connectivity index (χ4v) is 6.79. The SMILES string of the molecule is CC(C)N1CCN(C(=O)C23CC4CC(CC(C4)C2)C3)c2ccccc21. The third-order valence-electron chi connectivity index (χ3n) is 7.41. The summed E-state index contributed by atoms with van der Waals surface area (Å²) in [6.07, 6.45) is 7.65. The Kier molecular flexibility index (Phi) is 3.45. The molecule has 1 aliphatic heterocycles. The van der Waals surface area contributed by atoms with E-state index in [-0.39, 0.29) is 5.41 Å². The van der Waals surface area contributed by atoms with E-state index in [0.717, 1.165) is 55.8 Å². The van der Waals surface area contributed by atoms with E-state index in [1.54, 1.807) is 0 Å². The Morgan fingerprint density at radius 3 is 2.08 bits per heavy atom. The van der Waals surface area contributed by atoms with E-state index in [0.29, 0.717) is 11.9 Å². The molecule has 0 spiro atoms. The summed E-state index contributed by atoms with van der Waals surface area (Å²) in [7, 11) is 0. The first kappa shape index (κ1) is 15.7. The lowest BCUT2D eigenvalue weighted by Crippen LogP contribution is -2.57. The van der Waals surface area contributed by atoms with Crippen LogP contribution in [0.5, 0.6) is 0 Å². The van der Waals surface area contributed by atoms with Crippen molar-refractivity contribution >= 4 is 17.3 Å². The van der Waals surface area contributed by atoms with E-state index in [1.807, 2.05) is 0 Å². The standard InChI is InChI=1S/C22H30N2O/c1-15(2)23-7-8-24(20-6-4-3-5-19(20)23)21(25)22-12-16-9-17(13-22)11-18(10-16)14-22/h3-6,15-18H,7-14H2,1-2H3. The van der Waals surface area contributed by atoms with E-state index in [2.05, 4.69) is 47.9 Å². The third kappa shape index (κ3) is 2.34. The molecule has 4 bridgehead atoms. The van der Waals surface area contributed by atoms with E-state index < -0.39 is 0 Å². The van der Waals surface area contributed by atoms with Gasteiger partial charge in [-0.3, -0.25) is 4.79 Å². The Morgan fingerprint density at radius 1 is 0.960 bits per heavy atom. The zero-order chi connectivity index (χ0) is 17.2. The van der Waals surface area contributed by atoms with Crippen molar-refractivity contribution in [3.63, 3.8) is 0 Å². The van der Waals surface area contributed by atoms with Crippen molar-refractivity contribution in [2.45, 2.75) is 58.4 Å². The predicted molar refractivity (Wildman–Crippen MR) is 102 cm³/mol. The second-order valence-electron chi connectivity index (χ2n) is 9.43. The van der Waals surface area contributed by atoms with Crippen molar-refractivity contribution in [2.75, 3.05) is 22.9 Å². The summed E-state index contributed by atoms with van der Waals surface area (Å²) in [6, 6.07) is 9.00. The molecule has 0 saturated heterocycles. The molecule has 4 fully saturated rings. The molecule has 134 valence electrons. The molecule has 3 nitrogen and oxygen atoms in total. The normalized spacial score (nSPS) is 36.0. The molecule has 3 heteroatoms. The summed E-state index contributed by atoms with van der Waals surface area (Å²) in [5.74, 6) is 2.91. The number of fused-ring (bicyclic) bond motifs is 1. The number of benzene rings is 1. The van der Waals surface area contributed by atoms with Crippen LogP contribution in [0.4, 0.5) is 11.4 Å². The maximum absolute atomic E-state index is 13.8. The number of amides is 1. The molecular weight excluding hydrogens is 308 g/mol. The van der Waals surface area contributed by atoms with E-state index in [4.69, 9.17) is 0 Å². The van der Waals surface area contributed by atoms with Gasteiger partial charge in [0.05, 0.1) is 16.8 Å². The molecule has 0 atom stereocenters. The van der Waals surface area contributed by atoms with Crippen molar-refractivity contribution in [1.82, 2.24) is 0 Å². The van der Waals surface area contributed by atoms with Crippen molar-refractivity contribution in [1.29, 1.82) is 0 Å². The van der Waals surface area contributed by atoms with Gasteiger partial charge in [0.15, 0.2) is 0 Å². The van der Waals surface area contributed by atoms with Gasteiger partial charge in [0.25, 0.3) is 0 Å². The third-order valence-corrected chi connectivity index (χ3v) is 7.41. The Balaban J connectivity index is 1.49. The maximum Gasteiger partial charge on any atom is 0.233 e. The highest BCUT2D eigenvalue weighted by Gasteiger charge is 2.56. The number of para-hydroxylation sites is 2. The number of hydrogen-bond donors (Lipinski definition) is 0. The quantitative estimate of drug-likeness (QED) is 0.794. The first-order chi connectivity index (χ1) is 12.1. The molecule has 4 saturated carbocycles. The molecule has 6 rings (SSSR count). The lowest BCUT2D eigenvalue weighted by molar-refractivity contribution is -0.143. The second kappa shape index (κ2) is 5.49. The molecule has 5 aliphatic rings. The average Bonchev–Trinajstić information content (AvgIpc) is 2.59. The summed E-state index contributed by atoms with van der Waals surface area (Å²) in [5.41, 5.74) is 2.34. The van der Waals surface area contributed by atoms with Crippen LogP contribution in [0, 0.1) is 23.2 Å². The smallest absolute Gasteiger partial charge is 0.233 e. The van der Waals surface area contributed by atoms with Crippen molar-refractivity contribution < 1.29 is 4.79 Å². The molecule has 0 N–H and O–H groups in total. The van der Waals surface area contributed by atoms with Crippen LogP contribution in [0.15, 0.2) is 24.3 Å². The van der Waals surface area contributed by atoms with Crippen LogP contribution < -0.4 is 9.80 Å². The average molecular weight is 338 g/mol. The Morgan fingerprint density at radius 2 is 1.52 bits per heavy atom. The Labute approximate surface area is 151 Å². The number of carbonyl (C=O) groups excluding carboxylic acids is 1. The first-order valence-corrected chi connectivity index (χ1v) is 10.2. The lowest BCUT2D eigenvalue weighted by Gasteiger charge is -2.57. The topological polar surface area (TPSA) is 23.6 Å². The number of carbonyl (C=O) groups is 1. The molecule has 4 aliphatic carbocycles. The Bertz CT molecular complexity index is 660. The fourth-order valence-electron chi connectivity index (χ4n) is 6.79. The van der Waals surface area contributed by atoms with Gasteiger partial charge >= 0.3 is 0 Å². The highest BCUT2D eigenvalue weighted by Crippen LogP contribution is 2.61. The summed E-state index contributed by atoms with van der Waals surface area (Å²) < 4.78 is 0. The van der Waals surface area contributed by atoms with Crippen LogP contribution in [0.3, 0.4) is 0 Å². The van der Waals surface area contributed by atoms with Crippen LogP contribution in [0.25, 0.3) is 0 Å². The molecule has 1 aromatic carbocycles. The van der Waals surface area contributed by atoms with Crippen molar-refractivity contribution in [3.05, 3.63) is 24.3 Å². The van der Waals surface area contributed by atoms with Crippen molar-refractivity contribution in [3.8, 4) is 0 Å². The van der Waals surface area contributed by atoms with Crippen LogP contribution >= 0.6 is 0 Å². The van der Waals surface area contributed by atoms with Gasteiger partial charge in [-0.2, -0.15) is 0 Å². The largest absolute Gasteiger partial charge is 0.366 e. The molecule has 0 aromatic heterocycles. The number of anilines is 2. The van der Waals surface area contributed by atoms with Gasteiger partial charge in [-0.25, -0.2) is 0 Å². The van der Waals surface area contributed by atoms with Gasteiger partial charge in [0, 0.05) is 19.1 Å². The highest BCUT2D eigenvalue weighted by molar-refractivity contribution is 6.01. The minimum atomic E-state index is -0.0398. The van der Waals surface area contributed by atoms with E-state index in [9.17, 15) is 4.79 Å². The fraction of sp³-hybridized carbons (Fsp3) is 0.682. The summed E-state index contributed by atoms with van der Waals surface area (Å²) in [4.78, 5) is 18.4. The van der Waals surface area contributed by atoms with Gasteiger partial charge in [0.1, 0.15) is 0 Å². The van der Waals surface area contributed by atoms with Gasteiger partial charge < -0.3 is 9.80 Å².